The molecule has 1 heterocycles. The van der Waals surface area contributed by atoms with E-state index in [4.69, 9.17) is 0 Å². The maximum Gasteiger partial charge on any atom is 0.150 e. The molecule has 0 amide bonds. The van der Waals surface area contributed by atoms with E-state index in [1.165, 1.54) is 9.77 Å². The standard InChI is InChI=1S/C12H9BrOS2/c13-10-5-12(15-7-10)8-16-11-3-1-9(6-14)2-4-11/h1-7H,8H2. The van der Waals surface area contributed by atoms with Crippen molar-refractivity contribution in [3.8, 4) is 0 Å². The second-order valence-corrected chi connectivity index (χ2v) is 6.17. The highest BCUT2D eigenvalue weighted by molar-refractivity contribution is 9.10. The van der Waals surface area contributed by atoms with Crippen LogP contribution in [0, 0.1) is 0 Å². The Morgan fingerprint density at radius 2 is 2.06 bits per heavy atom. The number of rotatable bonds is 4. The van der Waals surface area contributed by atoms with Crippen LogP contribution in [0.15, 0.2) is 45.1 Å². The predicted octanol–water partition coefficient (Wildman–Crippen LogP) is 4.62. The van der Waals surface area contributed by atoms with Gasteiger partial charge < -0.3 is 0 Å². The Labute approximate surface area is 111 Å². The maximum atomic E-state index is 10.5. The molecule has 0 saturated carbocycles. The van der Waals surface area contributed by atoms with Crippen molar-refractivity contribution in [3.05, 3.63) is 50.6 Å². The zero-order valence-corrected chi connectivity index (χ0v) is 11.6. The molecule has 0 N–H and O–H groups in total. The van der Waals surface area contributed by atoms with E-state index >= 15 is 0 Å². The Bertz CT molecular complexity index is 476. The molecule has 0 saturated heterocycles. The molecule has 0 radical (unpaired) electrons. The molecule has 2 rings (SSSR count). The average molecular weight is 313 g/mol. The fourth-order valence-corrected chi connectivity index (χ4v) is 3.63. The zero-order chi connectivity index (χ0) is 11.4. The van der Waals surface area contributed by atoms with Crippen molar-refractivity contribution in [3.63, 3.8) is 0 Å². The summed E-state index contributed by atoms with van der Waals surface area (Å²) in [6.45, 7) is 0. The van der Waals surface area contributed by atoms with E-state index in [1.807, 2.05) is 24.3 Å². The lowest BCUT2D eigenvalue weighted by atomic mass is 10.2. The molecule has 0 aliphatic heterocycles. The first-order valence-electron chi connectivity index (χ1n) is 4.69. The number of benzene rings is 1. The molecule has 1 nitrogen and oxygen atoms in total. The highest BCUT2D eigenvalue weighted by Crippen LogP contribution is 2.28. The number of hydrogen-bond donors (Lipinski definition) is 0. The number of halogens is 1. The van der Waals surface area contributed by atoms with Crippen LogP contribution in [-0.2, 0) is 5.75 Å². The summed E-state index contributed by atoms with van der Waals surface area (Å²) in [5.74, 6) is 0.969. The number of thioether (sulfide) groups is 1. The molecule has 0 fully saturated rings. The van der Waals surface area contributed by atoms with E-state index in [-0.39, 0.29) is 0 Å². The predicted molar refractivity (Wildman–Crippen MR) is 73.4 cm³/mol. The van der Waals surface area contributed by atoms with E-state index in [9.17, 15) is 4.79 Å². The normalized spacial score (nSPS) is 10.3. The first-order valence-corrected chi connectivity index (χ1v) is 7.35. The third-order valence-corrected chi connectivity index (χ3v) is 4.96. The number of carbonyl (C=O) groups is 1. The van der Waals surface area contributed by atoms with Crippen molar-refractivity contribution >= 4 is 45.3 Å². The summed E-state index contributed by atoms with van der Waals surface area (Å²) in [7, 11) is 0. The summed E-state index contributed by atoms with van der Waals surface area (Å²) in [6.07, 6.45) is 0.866. The van der Waals surface area contributed by atoms with E-state index in [2.05, 4.69) is 27.4 Å². The van der Waals surface area contributed by atoms with Crippen molar-refractivity contribution in [2.75, 3.05) is 0 Å². The summed E-state index contributed by atoms with van der Waals surface area (Å²) in [5.41, 5.74) is 0.725. The SMILES string of the molecule is O=Cc1ccc(SCc2cc(Br)cs2)cc1. The fourth-order valence-electron chi connectivity index (χ4n) is 1.23. The molecule has 0 spiro atoms. The maximum absolute atomic E-state index is 10.5. The molecular weight excluding hydrogens is 304 g/mol. The number of hydrogen-bond acceptors (Lipinski definition) is 3. The van der Waals surface area contributed by atoms with Gasteiger partial charge in [0.05, 0.1) is 0 Å². The van der Waals surface area contributed by atoms with Crippen LogP contribution >= 0.6 is 39.0 Å². The molecule has 4 heteroatoms. The molecule has 2 aromatic rings. The van der Waals surface area contributed by atoms with Crippen LogP contribution in [0.2, 0.25) is 0 Å². The number of carbonyl (C=O) groups excluding carboxylic acids is 1. The summed E-state index contributed by atoms with van der Waals surface area (Å²) in [6, 6.07) is 9.80. The fraction of sp³-hybridized carbons (Fsp3) is 0.0833. The van der Waals surface area contributed by atoms with Gasteiger partial charge in [0.25, 0.3) is 0 Å². The van der Waals surface area contributed by atoms with Crippen LogP contribution in [0.3, 0.4) is 0 Å². The topological polar surface area (TPSA) is 17.1 Å². The molecule has 0 atom stereocenters. The van der Waals surface area contributed by atoms with Gasteiger partial charge in [0.2, 0.25) is 0 Å². The number of aldehydes is 1. The minimum absolute atomic E-state index is 0.725. The van der Waals surface area contributed by atoms with E-state index in [0.29, 0.717) is 0 Å². The van der Waals surface area contributed by atoms with Gasteiger partial charge in [-0.15, -0.1) is 23.1 Å². The molecule has 0 aliphatic carbocycles. The van der Waals surface area contributed by atoms with Crippen LogP contribution in [-0.4, -0.2) is 6.29 Å². The Hall–Kier alpha value is -0.580. The zero-order valence-electron chi connectivity index (χ0n) is 8.35. The van der Waals surface area contributed by atoms with Crippen molar-refractivity contribution in [2.24, 2.45) is 0 Å². The molecule has 16 heavy (non-hydrogen) atoms. The Morgan fingerprint density at radius 1 is 1.31 bits per heavy atom. The lowest BCUT2D eigenvalue weighted by molar-refractivity contribution is 0.112. The van der Waals surface area contributed by atoms with E-state index in [0.717, 1.165) is 22.1 Å². The van der Waals surface area contributed by atoms with Crippen LogP contribution in [0.4, 0.5) is 0 Å². The van der Waals surface area contributed by atoms with Gasteiger partial charge in [0.1, 0.15) is 6.29 Å². The van der Waals surface area contributed by atoms with Gasteiger partial charge in [-0.3, -0.25) is 4.79 Å². The first-order chi connectivity index (χ1) is 7.78. The highest BCUT2D eigenvalue weighted by atomic mass is 79.9. The Kier molecular flexibility index (Phi) is 4.21. The summed E-state index contributed by atoms with van der Waals surface area (Å²) in [5, 5.41) is 2.09. The Balaban J connectivity index is 1.96. The van der Waals surface area contributed by atoms with Crippen LogP contribution in [0.25, 0.3) is 0 Å². The first kappa shape index (κ1) is 11.9. The monoisotopic (exact) mass is 312 g/mol. The quantitative estimate of drug-likeness (QED) is 0.605. The van der Waals surface area contributed by atoms with Gasteiger partial charge in [-0.05, 0) is 34.1 Å². The minimum Gasteiger partial charge on any atom is -0.298 e. The van der Waals surface area contributed by atoms with Crippen molar-refractivity contribution in [1.29, 1.82) is 0 Å². The van der Waals surface area contributed by atoms with Crippen LogP contribution in [0.1, 0.15) is 15.2 Å². The van der Waals surface area contributed by atoms with Gasteiger partial charge in [-0.2, -0.15) is 0 Å². The Morgan fingerprint density at radius 3 is 2.62 bits per heavy atom. The third-order valence-electron chi connectivity index (χ3n) is 2.02. The van der Waals surface area contributed by atoms with Crippen molar-refractivity contribution in [2.45, 2.75) is 10.6 Å². The van der Waals surface area contributed by atoms with Gasteiger partial charge in [0.15, 0.2) is 0 Å². The van der Waals surface area contributed by atoms with Gasteiger partial charge >= 0.3 is 0 Å². The third kappa shape index (κ3) is 3.20. The molecule has 0 unspecified atom stereocenters. The molecule has 82 valence electrons. The van der Waals surface area contributed by atoms with Crippen LogP contribution in [0.5, 0.6) is 0 Å². The van der Waals surface area contributed by atoms with Crippen LogP contribution < -0.4 is 0 Å². The van der Waals surface area contributed by atoms with Crippen molar-refractivity contribution < 1.29 is 4.79 Å². The molecule has 1 aromatic heterocycles. The molecule has 1 aromatic carbocycles. The van der Waals surface area contributed by atoms with E-state index < -0.39 is 0 Å². The van der Waals surface area contributed by atoms with Gasteiger partial charge in [-0.25, -0.2) is 0 Å². The second kappa shape index (κ2) is 5.66. The average Bonchev–Trinajstić information content (AvgIpc) is 2.73. The molecular formula is C12H9BrOS2. The lowest BCUT2D eigenvalue weighted by Crippen LogP contribution is -1.79. The smallest absolute Gasteiger partial charge is 0.150 e. The minimum atomic E-state index is 0.725. The van der Waals surface area contributed by atoms with Gasteiger partial charge in [0, 0.05) is 30.9 Å². The highest BCUT2D eigenvalue weighted by Gasteiger charge is 1.99. The summed E-state index contributed by atoms with van der Waals surface area (Å²) in [4.78, 5) is 13.0. The summed E-state index contributed by atoms with van der Waals surface area (Å²) < 4.78 is 1.14. The second-order valence-electron chi connectivity index (χ2n) is 3.21. The lowest BCUT2D eigenvalue weighted by Gasteiger charge is -1.99. The van der Waals surface area contributed by atoms with E-state index in [1.54, 1.807) is 23.1 Å². The largest absolute Gasteiger partial charge is 0.298 e. The van der Waals surface area contributed by atoms with Gasteiger partial charge in [-0.1, -0.05) is 12.1 Å². The molecule has 0 aliphatic rings. The summed E-state index contributed by atoms with van der Waals surface area (Å²) >= 11 is 6.97. The van der Waals surface area contributed by atoms with Crippen molar-refractivity contribution in [1.82, 2.24) is 0 Å². The number of thiophene rings is 1. The molecule has 0 bridgehead atoms.